The molecule has 5 nitrogen and oxygen atoms in total. The Morgan fingerprint density at radius 2 is 2.00 bits per heavy atom. The van der Waals surface area contributed by atoms with Crippen LogP contribution < -0.4 is 10.6 Å². The summed E-state index contributed by atoms with van der Waals surface area (Å²) in [4.78, 5) is 0.0862. The summed E-state index contributed by atoms with van der Waals surface area (Å²) in [5.74, 6) is 1.06. The van der Waals surface area contributed by atoms with Crippen molar-refractivity contribution in [1.29, 1.82) is 0 Å². The lowest BCUT2D eigenvalue weighted by Gasteiger charge is -2.20. The Kier molecular flexibility index (Phi) is 9.36. The van der Waals surface area contributed by atoms with Crippen LogP contribution in [0.2, 0.25) is 5.02 Å². The van der Waals surface area contributed by atoms with E-state index in [1.54, 1.807) is 37.7 Å². The number of thiocarbonyl (C=S) groups is 1. The molecule has 9 heteroatoms. The zero-order chi connectivity index (χ0) is 18.2. The van der Waals surface area contributed by atoms with E-state index in [2.05, 4.69) is 16.9 Å². The molecule has 0 amide bonds. The molecule has 0 aliphatic carbocycles. The van der Waals surface area contributed by atoms with E-state index in [4.69, 9.17) is 23.8 Å². The Balaban J connectivity index is 2.88. The second-order valence-electron chi connectivity index (χ2n) is 4.96. The Labute approximate surface area is 159 Å². The van der Waals surface area contributed by atoms with Gasteiger partial charge in [-0.25, -0.2) is 8.42 Å². The molecule has 24 heavy (non-hydrogen) atoms. The zero-order valence-corrected chi connectivity index (χ0v) is 17.3. The van der Waals surface area contributed by atoms with Crippen LogP contribution in [0.1, 0.15) is 20.3 Å². The Morgan fingerprint density at radius 3 is 2.58 bits per heavy atom. The van der Waals surface area contributed by atoms with Gasteiger partial charge in [-0.05, 0) is 48.8 Å². The van der Waals surface area contributed by atoms with E-state index in [1.807, 2.05) is 0 Å². The largest absolute Gasteiger partial charge is 0.362 e. The lowest BCUT2D eigenvalue weighted by molar-refractivity contribution is 0.445. The van der Waals surface area contributed by atoms with Crippen molar-refractivity contribution in [3.63, 3.8) is 0 Å². The third-order valence-corrected chi connectivity index (χ3v) is 6.80. The summed E-state index contributed by atoms with van der Waals surface area (Å²) in [5, 5.41) is 6.77. The molecule has 0 unspecified atom stereocenters. The van der Waals surface area contributed by atoms with Crippen molar-refractivity contribution >= 4 is 56.4 Å². The highest BCUT2D eigenvalue weighted by atomic mass is 35.5. The SMILES string of the molecule is CCN(CC)S(=O)(=O)c1cc(NC(=S)NCCCSC)ccc1Cl. The third kappa shape index (κ3) is 6.07. The fourth-order valence-electron chi connectivity index (χ4n) is 2.08. The minimum Gasteiger partial charge on any atom is -0.362 e. The number of benzene rings is 1. The van der Waals surface area contributed by atoms with E-state index in [0.29, 0.717) is 23.9 Å². The van der Waals surface area contributed by atoms with Crippen LogP contribution in [-0.2, 0) is 10.0 Å². The lowest BCUT2D eigenvalue weighted by atomic mass is 10.3. The molecule has 0 aromatic heterocycles. The molecule has 0 aliphatic heterocycles. The van der Waals surface area contributed by atoms with Crippen molar-refractivity contribution in [1.82, 2.24) is 9.62 Å². The van der Waals surface area contributed by atoms with Crippen molar-refractivity contribution in [2.24, 2.45) is 0 Å². The lowest BCUT2D eigenvalue weighted by Crippen LogP contribution is -2.31. The summed E-state index contributed by atoms with van der Waals surface area (Å²) in [6, 6.07) is 4.79. The molecular weight excluding hydrogens is 386 g/mol. The summed E-state index contributed by atoms with van der Waals surface area (Å²) in [7, 11) is -3.62. The highest BCUT2D eigenvalue weighted by Gasteiger charge is 2.24. The molecule has 1 rings (SSSR count). The minimum absolute atomic E-state index is 0.0862. The fraction of sp³-hybridized carbons (Fsp3) is 0.533. The van der Waals surface area contributed by atoms with Gasteiger partial charge in [-0.1, -0.05) is 25.4 Å². The van der Waals surface area contributed by atoms with Gasteiger partial charge < -0.3 is 10.6 Å². The van der Waals surface area contributed by atoms with Crippen molar-refractivity contribution < 1.29 is 8.42 Å². The topological polar surface area (TPSA) is 61.4 Å². The van der Waals surface area contributed by atoms with Crippen LogP contribution in [0.15, 0.2) is 23.1 Å². The number of sulfonamides is 1. The molecule has 0 atom stereocenters. The van der Waals surface area contributed by atoms with Gasteiger partial charge in [0.25, 0.3) is 0 Å². The van der Waals surface area contributed by atoms with Crippen LogP contribution in [0.3, 0.4) is 0 Å². The summed E-state index contributed by atoms with van der Waals surface area (Å²) < 4.78 is 26.7. The molecule has 0 fully saturated rings. The first-order valence-corrected chi connectivity index (χ1v) is 11.3. The molecule has 0 radical (unpaired) electrons. The van der Waals surface area contributed by atoms with Gasteiger partial charge in [0.1, 0.15) is 4.90 Å². The summed E-state index contributed by atoms with van der Waals surface area (Å²) in [5.41, 5.74) is 0.590. The van der Waals surface area contributed by atoms with Gasteiger partial charge in [0.15, 0.2) is 5.11 Å². The number of rotatable bonds is 9. The molecular formula is C15H24ClN3O2S3. The van der Waals surface area contributed by atoms with E-state index in [9.17, 15) is 8.42 Å². The van der Waals surface area contributed by atoms with Crippen molar-refractivity contribution in [2.45, 2.75) is 25.2 Å². The van der Waals surface area contributed by atoms with Gasteiger partial charge >= 0.3 is 0 Å². The number of hydrogen-bond donors (Lipinski definition) is 2. The number of halogens is 1. The second-order valence-corrected chi connectivity index (χ2v) is 8.67. The van der Waals surface area contributed by atoms with E-state index in [1.165, 1.54) is 10.4 Å². The summed E-state index contributed by atoms with van der Waals surface area (Å²) >= 11 is 13.1. The minimum atomic E-state index is -3.62. The quantitative estimate of drug-likeness (QED) is 0.481. The predicted octanol–water partition coefficient (Wildman–Crippen LogP) is 3.41. The zero-order valence-electron chi connectivity index (χ0n) is 14.1. The van der Waals surface area contributed by atoms with Crippen molar-refractivity contribution in [3.05, 3.63) is 23.2 Å². The standard InChI is InChI=1S/C15H24ClN3O2S3/c1-4-19(5-2)24(20,21)14-11-12(7-8-13(14)16)18-15(22)17-9-6-10-23-3/h7-8,11H,4-6,9-10H2,1-3H3,(H2,17,18,22). The average molecular weight is 410 g/mol. The molecule has 0 heterocycles. The monoisotopic (exact) mass is 409 g/mol. The van der Waals surface area contributed by atoms with Gasteiger partial charge in [-0.2, -0.15) is 16.1 Å². The van der Waals surface area contributed by atoms with Crippen LogP contribution in [0.4, 0.5) is 5.69 Å². The molecule has 0 aliphatic rings. The average Bonchev–Trinajstić information content (AvgIpc) is 2.54. The molecule has 0 bridgehead atoms. The second kappa shape index (κ2) is 10.5. The third-order valence-electron chi connectivity index (χ3n) is 3.32. The number of thioether (sulfide) groups is 1. The first kappa shape index (κ1) is 21.5. The van der Waals surface area contributed by atoms with Gasteiger partial charge in [0, 0.05) is 25.3 Å². The van der Waals surface area contributed by atoms with E-state index in [0.717, 1.165) is 18.7 Å². The van der Waals surface area contributed by atoms with Crippen LogP contribution in [-0.4, -0.2) is 49.5 Å². The van der Waals surface area contributed by atoms with Crippen LogP contribution in [0.25, 0.3) is 0 Å². The smallest absolute Gasteiger partial charge is 0.244 e. The van der Waals surface area contributed by atoms with E-state index in [-0.39, 0.29) is 9.92 Å². The van der Waals surface area contributed by atoms with E-state index < -0.39 is 10.0 Å². The number of hydrogen-bond acceptors (Lipinski definition) is 4. The molecule has 136 valence electrons. The van der Waals surface area contributed by atoms with E-state index >= 15 is 0 Å². The summed E-state index contributed by atoms with van der Waals surface area (Å²) in [6.07, 6.45) is 3.06. The number of nitrogens with one attached hydrogen (secondary N) is 2. The molecule has 0 saturated carbocycles. The first-order chi connectivity index (χ1) is 11.4. The molecule has 1 aromatic carbocycles. The molecule has 1 aromatic rings. The highest BCUT2D eigenvalue weighted by Crippen LogP contribution is 2.27. The van der Waals surface area contributed by atoms with Crippen LogP contribution in [0, 0.1) is 0 Å². The van der Waals surface area contributed by atoms with Gasteiger partial charge in [-0.3, -0.25) is 0 Å². The van der Waals surface area contributed by atoms with Gasteiger partial charge in [-0.15, -0.1) is 0 Å². The van der Waals surface area contributed by atoms with Crippen molar-refractivity contribution in [3.8, 4) is 0 Å². The first-order valence-electron chi connectivity index (χ1n) is 7.70. The number of nitrogens with zero attached hydrogens (tertiary/aromatic N) is 1. The van der Waals surface area contributed by atoms with Crippen LogP contribution in [0.5, 0.6) is 0 Å². The molecule has 0 saturated heterocycles. The van der Waals surface area contributed by atoms with Gasteiger partial charge in [0.2, 0.25) is 10.0 Å². The number of anilines is 1. The predicted molar refractivity (Wildman–Crippen MR) is 109 cm³/mol. The Morgan fingerprint density at radius 1 is 1.33 bits per heavy atom. The van der Waals surface area contributed by atoms with Crippen LogP contribution >= 0.6 is 35.6 Å². The van der Waals surface area contributed by atoms with Crippen molar-refractivity contribution in [2.75, 3.05) is 37.0 Å². The maximum atomic E-state index is 12.7. The summed E-state index contributed by atoms with van der Waals surface area (Å²) in [6.45, 7) is 5.14. The Bertz CT molecular complexity index is 649. The maximum absolute atomic E-state index is 12.7. The molecule has 0 spiro atoms. The maximum Gasteiger partial charge on any atom is 0.244 e. The fourth-order valence-corrected chi connectivity index (χ4v) is 4.69. The normalized spacial score (nSPS) is 11.5. The van der Waals surface area contributed by atoms with Gasteiger partial charge in [0.05, 0.1) is 5.02 Å². The Hall–Kier alpha value is -0.540. The highest BCUT2D eigenvalue weighted by molar-refractivity contribution is 7.98. The molecule has 2 N–H and O–H groups in total.